The summed E-state index contributed by atoms with van der Waals surface area (Å²) < 4.78 is 2.08. The third kappa shape index (κ3) is 3.79. The highest BCUT2D eigenvalue weighted by molar-refractivity contribution is 7.98. The summed E-state index contributed by atoms with van der Waals surface area (Å²) in [4.78, 5) is 0. The summed E-state index contributed by atoms with van der Waals surface area (Å²) in [6.07, 6.45) is 5.20. The molecule has 0 aliphatic rings. The van der Waals surface area contributed by atoms with Crippen molar-refractivity contribution >= 4 is 17.4 Å². The van der Waals surface area contributed by atoms with E-state index in [2.05, 4.69) is 64.3 Å². The van der Waals surface area contributed by atoms with Crippen molar-refractivity contribution in [3.05, 3.63) is 65.6 Å². The van der Waals surface area contributed by atoms with Crippen molar-refractivity contribution in [1.29, 1.82) is 0 Å². The second-order valence-electron chi connectivity index (χ2n) is 6.12. The lowest BCUT2D eigenvalue weighted by Gasteiger charge is -2.22. The van der Waals surface area contributed by atoms with Gasteiger partial charge in [0.15, 0.2) is 11.5 Å². The molecule has 3 rings (SSSR count). The van der Waals surface area contributed by atoms with Gasteiger partial charge in [0, 0.05) is 12.2 Å². The van der Waals surface area contributed by atoms with Crippen LogP contribution in [0.3, 0.4) is 0 Å². The summed E-state index contributed by atoms with van der Waals surface area (Å²) in [6, 6.07) is 15.1. The predicted molar refractivity (Wildman–Crippen MR) is 101 cm³/mol. The van der Waals surface area contributed by atoms with Crippen molar-refractivity contribution in [2.75, 3.05) is 12.0 Å². The fourth-order valence-electron chi connectivity index (χ4n) is 2.96. The number of hydrogen-bond acceptors (Lipinski definition) is 4. The number of pyridine rings is 1. The van der Waals surface area contributed by atoms with E-state index >= 15 is 0 Å². The summed E-state index contributed by atoms with van der Waals surface area (Å²) in [5.74, 6) is 2.07. The second-order valence-corrected chi connectivity index (χ2v) is 7.11. The molecule has 0 saturated heterocycles. The van der Waals surface area contributed by atoms with Gasteiger partial charge in [0.1, 0.15) is 0 Å². The minimum atomic E-state index is 0.172. The number of hydrogen-bond donors (Lipinski definition) is 1. The van der Waals surface area contributed by atoms with Crippen LogP contribution in [0.5, 0.6) is 0 Å². The Hall–Kier alpha value is -1.85. The van der Waals surface area contributed by atoms with Gasteiger partial charge in [-0.2, -0.15) is 11.8 Å². The van der Waals surface area contributed by atoms with Crippen molar-refractivity contribution in [2.24, 2.45) is 0 Å². The van der Waals surface area contributed by atoms with Crippen LogP contribution in [-0.2, 0) is 0 Å². The Morgan fingerprint density at radius 1 is 1.17 bits per heavy atom. The Labute approximate surface area is 147 Å². The molecule has 1 N–H and O–H groups in total. The molecule has 126 valence electrons. The number of aryl methyl sites for hydroxylation is 1. The first-order chi connectivity index (χ1) is 11.7. The van der Waals surface area contributed by atoms with Crippen molar-refractivity contribution in [3.8, 4) is 0 Å². The highest BCUT2D eigenvalue weighted by atomic mass is 32.2. The maximum Gasteiger partial charge on any atom is 0.160 e. The molecule has 0 saturated carbocycles. The van der Waals surface area contributed by atoms with E-state index in [4.69, 9.17) is 0 Å². The van der Waals surface area contributed by atoms with E-state index in [1.54, 1.807) is 0 Å². The number of nitrogens with one attached hydrogen (secondary N) is 1. The van der Waals surface area contributed by atoms with Gasteiger partial charge in [-0.05, 0) is 50.0 Å². The number of thioether (sulfide) groups is 1. The van der Waals surface area contributed by atoms with E-state index < -0.39 is 0 Å². The summed E-state index contributed by atoms with van der Waals surface area (Å²) in [5, 5.41) is 12.5. The van der Waals surface area contributed by atoms with Gasteiger partial charge in [-0.3, -0.25) is 4.40 Å². The molecule has 0 bridgehead atoms. The van der Waals surface area contributed by atoms with E-state index in [9.17, 15) is 0 Å². The van der Waals surface area contributed by atoms with E-state index in [0.29, 0.717) is 0 Å². The van der Waals surface area contributed by atoms with Crippen molar-refractivity contribution in [3.63, 3.8) is 0 Å². The SMILES string of the molecule is CSCC[C@@H](N[C@@H](C)c1cccc(C)c1)c1nnc2ccccn12. The second kappa shape index (κ2) is 7.81. The predicted octanol–water partition coefficient (Wildman–Crippen LogP) is 4.18. The average Bonchev–Trinajstić information content (AvgIpc) is 3.02. The number of nitrogens with zero attached hydrogens (tertiary/aromatic N) is 3. The number of fused-ring (bicyclic) bond motifs is 1. The van der Waals surface area contributed by atoms with Crippen LogP contribution in [0.1, 0.15) is 42.4 Å². The molecule has 2 atom stereocenters. The van der Waals surface area contributed by atoms with Gasteiger partial charge in [0.25, 0.3) is 0 Å². The Bertz CT molecular complexity index is 799. The van der Waals surface area contributed by atoms with Gasteiger partial charge in [-0.1, -0.05) is 35.9 Å². The summed E-state index contributed by atoms with van der Waals surface area (Å²) in [6.45, 7) is 4.34. The molecular weight excluding hydrogens is 316 g/mol. The van der Waals surface area contributed by atoms with Gasteiger partial charge in [-0.25, -0.2) is 0 Å². The fraction of sp³-hybridized carbons (Fsp3) is 0.368. The quantitative estimate of drug-likeness (QED) is 0.700. The van der Waals surface area contributed by atoms with Crippen molar-refractivity contribution < 1.29 is 0 Å². The minimum Gasteiger partial charge on any atom is -0.301 e. The molecule has 0 spiro atoms. The molecule has 0 unspecified atom stereocenters. The molecule has 3 aromatic rings. The maximum atomic E-state index is 4.45. The third-order valence-electron chi connectivity index (χ3n) is 4.26. The lowest BCUT2D eigenvalue weighted by atomic mass is 10.0. The zero-order valence-electron chi connectivity index (χ0n) is 14.4. The standard InChI is InChI=1S/C19H24N4S/c1-14-7-6-8-16(13-14)15(2)20-17(10-12-24-3)19-22-21-18-9-4-5-11-23(18)19/h4-9,11,13,15,17,20H,10,12H2,1-3H3/t15-,17+/m0/s1. The van der Waals surface area contributed by atoms with Crippen molar-refractivity contribution in [2.45, 2.75) is 32.4 Å². The monoisotopic (exact) mass is 340 g/mol. The normalized spacial score (nSPS) is 14.0. The van der Waals surface area contributed by atoms with Crippen LogP contribution < -0.4 is 5.32 Å². The van der Waals surface area contributed by atoms with E-state index in [0.717, 1.165) is 23.6 Å². The highest BCUT2D eigenvalue weighted by Gasteiger charge is 2.20. The molecule has 0 aliphatic heterocycles. The van der Waals surface area contributed by atoms with Crippen LogP contribution in [0, 0.1) is 6.92 Å². The molecule has 0 amide bonds. The molecule has 0 radical (unpaired) electrons. The number of aromatic nitrogens is 3. The van der Waals surface area contributed by atoms with Gasteiger partial charge in [0.2, 0.25) is 0 Å². The lowest BCUT2D eigenvalue weighted by Crippen LogP contribution is -2.27. The van der Waals surface area contributed by atoms with Crippen LogP contribution >= 0.6 is 11.8 Å². The third-order valence-corrected chi connectivity index (χ3v) is 4.90. The number of benzene rings is 1. The zero-order valence-corrected chi connectivity index (χ0v) is 15.3. The first-order valence-electron chi connectivity index (χ1n) is 8.30. The van der Waals surface area contributed by atoms with Crippen LogP contribution in [0.2, 0.25) is 0 Å². The Balaban J connectivity index is 1.86. The molecule has 4 nitrogen and oxygen atoms in total. The molecule has 2 heterocycles. The fourth-order valence-corrected chi connectivity index (χ4v) is 3.43. The zero-order chi connectivity index (χ0) is 16.9. The van der Waals surface area contributed by atoms with Gasteiger partial charge >= 0.3 is 0 Å². The average molecular weight is 340 g/mol. The highest BCUT2D eigenvalue weighted by Crippen LogP contribution is 2.23. The molecular formula is C19H24N4S. The molecule has 24 heavy (non-hydrogen) atoms. The Morgan fingerprint density at radius 2 is 2.04 bits per heavy atom. The van der Waals surface area contributed by atoms with Crippen molar-refractivity contribution in [1.82, 2.24) is 19.9 Å². The first-order valence-corrected chi connectivity index (χ1v) is 9.69. The molecule has 0 fully saturated rings. The van der Waals surface area contributed by atoms with Gasteiger partial charge in [0.05, 0.1) is 6.04 Å². The van der Waals surface area contributed by atoms with Crippen LogP contribution in [-0.4, -0.2) is 26.6 Å². The summed E-state index contributed by atoms with van der Waals surface area (Å²) in [5.41, 5.74) is 3.49. The molecule has 0 aliphatic carbocycles. The minimum absolute atomic E-state index is 0.172. The summed E-state index contributed by atoms with van der Waals surface area (Å²) in [7, 11) is 0. The maximum absolute atomic E-state index is 4.45. The Kier molecular flexibility index (Phi) is 5.53. The first kappa shape index (κ1) is 17.0. The van der Waals surface area contributed by atoms with Crippen LogP contribution in [0.4, 0.5) is 0 Å². The van der Waals surface area contributed by atoms with Crippen LogP contribution in [0.25, 0.3) is 5.65 Å². The molecule has 1 aromatic carbocycles. The van der Waals surface area contributed by atoms with E-state index in [1.807, 2.05) is 36.2 Å². The van der Waals surface area contributed by atoms with E-state index in [1.165, 1.54) is 11.1 Å². The van der Waals surface area contributed by atoms with Gasteiger partial charge < -0.3 is 5.32 Å². The number of rotatable bonds is 7. The molecule has 2 aromatic heterocycles. The van der Waals surface area contributed by atoms with Crippen LogP contribution in [0.15, 0.2) is 48.7 Å². The van der Waals surface area contributed by atoms with Gasteiger partial charge in [-0.15, -0.1) is 10.2 Å². The largest absolute Gasteiger partial charge is 0.301 e. The summed E-state index contributed by atoms with van der Waals surface area (Å²) >= 11 is 1.86. The molecule has 5 heteroatoms. The lowest BCUT2D eigenvalue weighted by molar-refractivity contribution is 0.438. The smallest absolute Gasteiger partial charge is 0.160 e. The topological polar surface area (TPSA) is 42.2 Å². The van der Waals surface area contributed by atoms with E-state index in [-0.39, 0.29) is 12.1 Å². The Morgan fingerprint density at radius 3 is 2.83 bits per heavy atom.